The van der Waals surface area contributed by atoms with Gasteiger partial charge in [0.1, 0.15) is 24.1 Å². The van der Waals surface area contributed by atoms with E-state index in [0.717, 1.165) is 24.9 Å². The Labute approximate surface area is 155 Å². The van der Waals surface area contributed by atoms with Crippen LogP contribution >= 0.6 is 0 Å². The fraction of sp³-hybridized carbons (Fsp3) is 0.588. The number of anilines is 1. The number of aliphatic hydroxyl groups excluding tert-OH is 2. The molecule has 2 aliphatic heterocycles. The van der Waals surface area contributed by atoms with E-state index in [4.69, 9.17) is 4.74 Å². The van der Waals surface area contributed by atoms with Gasteiger partial charge < -0.3 is 35.9 Å². The Kier molecular flexibility index (Phi) is 4.96. The standard InChI is InChI=1S/C17H24N6O4/c1-8-11(22-16(26)10-3-2-5-18-10)13(24)14(25)17(27-8)23-15-12-9(4-6-19-12)20-7-21-15/h4,6-8,10-11,13-14,17-19,24-25H,2-3,5H2,1H3,(H,22,26)(H,20,21,23)/t8-,10+,11-,13+,14-,17-/m0/s1. The number of aromatic nitrogens is 3. The molecule has 0 unspecified atom stereocenters. The molecule has 27 heavy (non-hydrogen) atoms. The number of H-pyrrole nitrogens is 1. The monoisotopic (exact) mass is 376 g/mol. The van der Waals surface area contributed by atoms with E-state index in [1.165, 1.54) is 6.33 Å². The Hall–Kier alpha value is -2.27. The molecule has 6 atom stereocenters. The van der Waals surface area contributed by atoms with Crippen molar-refractivity contribution in [3.63, 3.8) is 0 Å². The summed E-state index contributed by atoms with van der Waals surface area (Å²) in [5.41, 5.74) is 1.40. The van der Waals surface area contributed by atoms with Crippen molar-refractivity contribution in [3.05, 3.63) is 18.6 Å². The lowest BCUT2D eigenvalue weighted by molar-refractivity contribution is -0.173. The second-order valence-corrected chi connectivity index (χ2v) is 7.03. The van der Waals surface area contributed by atoms with Gasteiger partial charge in [0.25, 0.3) is 0 Å². The first-order valence-corrected chi connectivity index (χ1v) is 9.14. The first-order valence-electron chi connectivity index (χ1n) is 9.14. The molecule has 4 rings (SSSR count). The minimum atomic E-state index is -1.25. The average Bonchev–Trinajstić information content (AvgIpc) is 3.34. The van der Waals surface area contributed by atoms with Gasteiger partial charge in [-0.05, 0) is 32.4 Å². The molecule has 0 spiro atoms. The lowest BCUT2D eigenvalue weighted by atomic mass is 9.95. The zero-order chi connectivity index (χ0) is 19.0. The van der Waals surface area contributed by atoms with Crippen molar-refractivity contribution in [2.24, 2.45) is 0 Å². The fourth-order valence-electron chi connectivity index (χ4n) is 3.68. The molecule has 0 radical (unpaired) electrons. The molecule has 146 valence electrons. The van der Waals surface area contributed by atoms with E-state index < -0.39 is 30.6 Å². The quantitative estimate of drug-likeness (QED) is 0.402. The Morgan fingerprint density at radius 2 is 2.19 bits per heavy atom. The molecule has 2 saturated heterocycles. The zero-order valence-corrected chi connectivity index (χ0v) is 14.9. The summed E-state index contributed by atoms with van der Waals surface area (Å²) in [6.07, 6.45) is 1.03. The summed E-state index contributed by atoms with van der Waals surface area (Å²) >= 11 is 0. The third kappa shape index (κ3) is 3.48. The van der Waals surface area contributed by atoms with Crippen LogP contribution in [0.5, 0.6) is 0 Å². The van der Waals surface area contributed by atoms with Crippen LogP contribution in [0.2, 0.25) is 0 Å². The van der Waals surface area contributed by atoms with Gasteiger partial charge in [0.15, 0.2) is 12.0 Å². The Balaban J connectivity index is 1.45. The van der Waals surface area contributed by atoms with Gasteiger partial charge in [-0.3, -0.25) is 4.79 Å². The summed E-state index contributed by atoms with van der Waals surface area (Å²) in [5, 5.41) is 30.0. The van der Waals surface area contributed by atoms with Crippen molar-refractivity contribution in [1.29, 1.82) is 0 Å². The van der Waals surface area contributed by atoms with Crippen molar-refractivity contribution < 1.29 is 19.7 Å². The van der Waals surface area contributed by atoms with Crippen molar-refractivity contribution in [2.75, 3.05) is 11.9 Å². The smallest absolute Gasteiger partial charge is 0.237 e. The first kappa shape index (κ1) is 18.1. The van der Waals surface area contributed by atoms with Crippen molar-refractivity contribution >= 4 is 22.8 Å². The summed E-state index contributed by atoms with van der Waals surface area (Å²) in [5.74, 6) is 0.278. The van der Waals surface area contributed by atoms with E-state index in [-0.39, 0.29) is 11.9 Å². The van der Waals surface area contributed by atoms with Crippen LogP contribution < -0.4 is 16.0 Å². The van der Waals surface area contributed by atoms with E-state index in [9.17, 15) is 15.0 Å². The molecule has 10 heteroatoms. The maximum absolute atomic E-state index is 12.3. The van der Waals surface area contributed by atoms with Gasteiger partial charge in [0.05, 0.1) is 23.7 Å². The molecule has 0 saturated carbocycles. The number of hydrogen-bond acceptors (Lipinski definition) is 8. The largest absolute Gasteiger partial charge is 0.388 e. The summed E-state index contributed by atoms with van der Waals surface area (Å²) < 4.78 is 5.84. The highest BCUT2D eigenvalue weighted by atomic mass is 16.5. The maximum atomic E-state index is 12.3. The molecular weight excluding hydrogens is 352 g/mol. The minimum Gasteiger partial charge on any atom is -0.388 e. The first-order chi connectivity index (χ1) is 13.0. The molecule has 2 fully saturated rings. The van der Waals surface area contributed by atoms with E-state index in [0.29, 0.717) is 11.3 Å². The lowest BCUT2D eigenvalue weighted by Crippen LogP contribution is -2.65. The number of nitrogens with zero attached hydrogens (tertiary/aromatic N) is 2. The van der Waals surface area contributed by atoms with Gasteiger partial charge in [-0.15, -0.1) is 0 Å². The lowest BCUT2D eigenvalue weighted by Gasteiger charge is -2.42. The molecule has 10 nitrogen and oxygen atoms in total. The number of carbonyl (C=O) groups is 1. The average molecular weight is 376 g/mol. The summed E-state index contributed by atoms with van der Waals surface area (Å²) in [6.45, 7) is 2.55. The Morgan fingerprint density at radius 1 is 1.33 bits per heavy atom. The number of fused-ring (bicyclic) bond motifs is 1. The molecule has 4 heterocycles. The topological polar surface area (TPSA) is 144 Å². The van der Waals surface area contributed by atoms with Crippen LogP contribution in [0.3, 0.4) is 0 Å². The molecule has 0 bridgehead atoms. The SMILES string of the molecule is C[C@@H]1O[C@H](Nc2ncnc3cc[nH]c23)[C@@H](O)[C@H](O)[C@H]1NC(=O)[C@H]1CCCN1. The molecule has 2 aromatic heterocycles. The van der Waals surface area contributed by atoms with E-state index in [1.807, 2.05) is 0 Å². The normalized spacial score (nSPS) is 33.9. The van der Waals surface area contributed by atoms with Gasteiger partial charge >= 0.3 is 0 Å². The zero-order valence-electron chi connectivity index (χ0n) is 14.9. The number of rotatable bonds is 4. The highest BCUT2D eigenvalue weighted by Crippen LogP contribution is 2.25. The summed E-state index contributed by atoms with van der Waals surface area (Å²) in [6, 6.07) is 0.837. The van der Waals surface area contributed by atoms with Crippen LogP contribution in [0.15, 0.2) is 18.6 Å². The Bertz CT molecular complexity index is 808. The van der Waals surface area contributed by atoms with Crippen molar-refractivity contribution in [1.82, 2.24) is 25.6 Å². The highest BCUT2D eigenvalue weighted by Gasteiger charge is 2.44. The van der Waals surface area contributed by atoms with E-state index in [1.54, 1.807) is 19.2 Å². The number of ether oxygens (including phenoxy) is 1. The van der Waals surface area contributed by atoms with E-state index >= 15 is 0 Å². The van der Waals surface area contributed by atoms with Crippen molar-refractivity contribution in [2.45, 2.75) is 56.4 Å². The molecule has 6 N–H and O–H groups in total. The molecule has 0 aromatic carbocycles. The summed E-state index contributed by atoms with van der Waals surface area (Å²) in [7, 11) is 0. The highest BCUT2D eigenvalue weighted by molar-refractivity contribution is 5.85. The number of nitrogens with one attached hydrogen (secondary N) is 4. The molecule has 1 amide bonds. The summed E-state index contributed by atoms with van der Waals surface area (Å²) in [4.78, 5) is 23.7. The second-order valence-electron chi connectivity index (χ2n) is 7.03. The molecule has 2 aromatic rings. The molecular formula is C17H24N6O4. The van der Waals surface area contributed by atoms with Crippen LogP contribution in [-0.4, -0.2) is 74.2 Å². The van der Waals surface area contributed by atoms with Crippen LogP contribution in [0, 0.1) is 0 Å². The minimum absolute atomic E-state index is 0.186. The van der Waals surface area contributed by atoms with Gasteiger partial charge in [-0.2, -0.15) is 0 Å². The predicted octanol–water partition coefficient (Wildman–Crippen LogP) is -0.927. The number of aromatic amines is 1. The maximum Gasteiger partial charge on any atom is 0.237 e. The van der Waals surface area contributed by atoms with E-state index in [2.05, 4.69) is 30.9 Å². The van der Waals surface area contributed by atoms with Crippen molar-refractivity contribution in [3.8, 4) is 0 Å². The van der Waals surface area contributed by atoms with Gasteiger partial charge in [-0.1, -0.05) is 0 Å². The second kappa shape index (κ2) is 7.39. The number of hydrogen-bond donors (Lipinski definition) is 6. The molecule has 2 aliphatic rings. The van der Waals surface area contributed by atoms with Crippen LogP contribution in [0.25, 0.3) is 11.0 Å². The van der Waals surface area contributed by atoms with Gasteiger partial charge in [0, 0.05) is 6.20 Å². The van der Waals surface area contributed by atoms with Gasteiger partial charge in [0.2, 0.25) is 5.91 Å². The predicted molar refractivity (Wildman–Crippen MR) is 96.8 cm³/mol. The Morgan fingerprint density at radius 3 is 2.96 bits per heavy atom. The van der Waals surface area contributed by atoms with Crippen LogP contribution in [-0.2, 0) is 9.53 Å². The van der Waals surface area contributed by atoms with Crippen LogP contribution in [0.4, 0.5) is 5.82 Å². The molecule has 0 aliphatic carbocycles. The number of carbonyl (C=O) groups excluding carboxylic acids is 1. The third-order valence-electron chi connectivity index (χ3n) is 5.21. The van der Waals surface area contributed by atoms with Gasteiger partial charge in [-0.25, -0.2) is 9.97 Å². The fourth-order valence-corrected chi connectivity index (χ4v) is 3.68. The number of aliphatic hydroxyl groups is 2. The third-order valence-corrected chi connectivity index (χ3v) is 5.21. The number of amides is 1. The van der Waals surface area contributed by atoms with Crippen LogP contribution in [0.1, 0.15) is 19.8 Å².